The Kier molecular flexibility index (Phi) is 8.10. The Morgan fingerprint density at radius 2 is 1.96 bits per heavy atom. The standard InChI is InChI=1S/C30H35N8O6P/c1-17(2)42-29(39)18(3)36-45(40,44-24-11-7-9-19-8-5-6-10-22(19)24)41-15-21-14-23(31)28(43-21)38-16-33-25-26(37(4)20-12-13-20)34-30(32)35-27(25)38/h5-11,15-18,20,28,31H,12-14H2,1-4H3,(H,36,40)(H2,32,34,35)/b21-15+,31-23?/t18-,28+,45-/m0/s1. The van der Waals surface area contributed by atoms with Crippen LogP contribution in [0.5, 0.6) is 5.75 Å². The molecule has 0 spiro atoms. The maximum atomic E-state index is 14.2. The quantitative estimate of drug-likeness (QED) is 0.113. The molecule has 4 N–H and O–H groups in total. The number of anilines is 2. The molecule has 0 amide bonds. The summed E-state index contributed by atoms with van der Waals surface area (Å²) in [5.74, 6) is 0.578. The van der Waals surface area contributed by atoms with E-state index in [4.69, 9.17) is 29.7 Å². The highest BCUT2D eigenvalue weighted by atomic mass is 31.2. The number of carbonyl (C=O) groups is 1. The van der Waals surface area contributed by atoms with Gasteiger partial charge in [0.05, 0.1) is 18.2 Å². The van der Waals surface area contributed by atoms with Crippen LogP contribution in [0, 0.1) is 5.41 Å². The number of allylic oxidation sites excluding steroid dienone is 1. The number of nitrogens with zero attached hydrogens (tertiary/aromatic N) is 5. The molecule has 1 aliphatic carbocycles. The molecule has 14 nitrogen and oxygen atoms in total. The molecule has 0 bridgehead atoms. The predicted molar refractivity (Wildman–Crippen MR) is 169 cm³/mol. The van der Waals surface area contributed by atoms with E-state index in [1.165, 1.54) is 13.3 Å². The molecule has 236 valence electrons. The van der Waals surface area contributed by atoms with Gasteiger partial charge in [-0.1, -0.05) is 36.4 Å². The van der Waals surface area contributed by atoms with E-state index in [2.05, 4.69) is 20.0 Å². The van der Waals surface area contributed by atoms with E-state index in [0.717, 1.165) is 24.5 Å². The van der Waals surface area contributed by atoms with Gasteiger partial charge in [0.2, 0.25) is 12.2 Å². The molecule has 15 heteroatoms. The maximum Gasteiger partial charge on any atom is 0.513 e. The Morgan fingerprint density at radius 3 is 2.71 bits per heavy atom. The van der Waals surface area contributed by atoms with Gasteiger partial charge in [-0.25, -0.2) is 9.55 Å². The van der Waals surface area contributed by atoms with E-state index in [0.29, 0.717) is 34.2 Å². The Labute approximate surface area is 259 Å². The highest BCUT2D eigenvalue weighted by Crippen LogP contribution is 2.48. The lowest BCUT2D eigenvalue weighted by molar-refractivity contribution is -0.149. The lowest BCUT2D eigenvalue weighted by Crippen LogP contribution is -2.36. The number of fused-ring (bicyclic) bond motifs is 2. The first-order valence-electron chi connectivity index (χ1n) is 14.6. The minimum Gasteiger partial charge on any atom is -0.465 e. The number of hydrogen-bond acceptors (Lipinski definition) is 12. The van der Waals surface area contributed by atoms with Crippen LogP contribution in [-0.4, -0.2) is 56.4 Å². The molecular weight excluding hydrogens is 599 g/mol. The number of aromatic nitrogens is 4. The second-order valence-electron chi connectivity index (χ2n) is 11.3. The van der Waals surface area contributed by atoms with Crippen molar-refractivity contribution in [2.24, 2.45) is 0 Å². The fraction of sp³-hybridized carbons (Fsp3) is 0.367. The second-order valence-corrected chi connectivity index (χ2v) is 13.0. The first kappa shape index (κ1) is 30.4. The number of hydrogen-bond donors (Lipinski definition) is 3. The van der Waals surface area contributed by atoms with Gasteiger partial charge in [-0.2, -0.15) is 15.1 Å². The number of benzene rings is 2. The second kappa shape index (κ2) is 12.0. The van der Waals surface area contributed by atoms with Gasteiger partial charge < -0.3 is 34.6 Å². The molecule has 2 aliphatic rings. The van der Waals surface area contributed by atoms with E-state index < -0.39 is 26.0 Å². The van der Waals surface area contributed by atoms with E-state index >= 15 is 0 Å². The number of carbonyl (C=O) groups excluding carboxylic acids is 1. The molecule has 0 radical (unpaired) electrons. The monoisotopic (exact) mass is 634 g/mol. The van der Waals surface area contributed by atoms with Gasteiger partial charge in [0, 0.05) is 18.5 Å². The number of nitrogens with two attached hydrogens (primary N) is 1. The normalized spacial score (nSPS) is 19.4. The summed E-state index contributed by atoms with van der Waals surface area (Å²) in [4.78, 5) is 27.9. The Balaban J connectivity index is 1.26. The first-order valence-corrected chi connectivity index (χ1v) is 16.2. The van der Waals surface area contributed by atoms with Crippen LogP contribution in [0.4, 0.5) is 11.8 Å². The van der Waals surface area contributed by atoms with Gasteiger partial charge >= 0.3 is 13.7 Å². The van der Waals surface area contributed by atoms with Crippen LogP contribution in [-0.2, 0) is 23.4 Å². The van der Waals surface area contributed by atoms with Crippen molar-refractivity contribution in [3.05, 3.63) is 60.8 Å². The SMILES string of the molecule is CC(C)OC(=O)[C@H](C)N[P@](=O)(O/C=C1\CC(=N)[C@H](n2cnc3c(N(C)C4CC4)nc(N)nc32)O1)Oc1cccc2ccccc12. The van der Waals surface area contributed by atoms with Gasteiger partial charge in [-0.3, -0.25) is 9.36 Å². The summed E-state index contributed by atoms with van der Waals surface area (Å²) in [6, 6.07) is 12.1. The van der Waals surface area contributed by atoms with E-state index in [1.807, 2.05) is 42.3 Å². The maximum absolute atomic E-state index is 14.2. The molecule has 45 heavy (non-hydrogen) atoms. The smallest absolute Gasteiger partial charge is 0.465 e. The third-order valence-corrected chi connectivity index (χ3v) is 8.90. The van der Waals surface area contributed by atoms with Gasteiger partial charge in [0.25, 0.3) is 0 Å². The minimum absolute atomic E-state index is 0.0545. The molecule has 2 fully saturated rings. The van der Waals surface area contributed by atoms with Crippen molar-refractivity contribution in [2.75, 3.05) is 17.7 Å². The van der Waals surface area contributed by atoms with Crippen LogP contribution >= 0.6 is 7.75 Å². The number of nitrogen functional groups attached to an aromatic ring is 1. The van der Waals surface area contributed by atoms with Crippen LogP contribution in [0.3, 0.4) is 0 Å². The Bertz CT molecular complexity index is 1850. The summed E-state index contributed by atoms with van der Waals surface area (Å²) in [5.41, 5.74) is 7.20. The Hall–Kier alpha value is -4.68. The van der Waals surface area contributed by atoms with E-state index in [1.54, 1.807) is 30.5 Å². The third-order valence-electron chi connectivity index (χ3n) is 7.38. The summed E-state index contributed by atoms with van der Waals surface area (Å²) >= 11 is 0. The van der Waals surface area contributed by atoms with Gasteiger partial charge in [0.1, 0.15) is 30.1 Å². The van der Waals surface area contributed by atoms with Crippen LogP contribution in [0.2, 0.25) is 0 Å². The molecule has 4 aromatic rings. The molecule has 3 heterocycles. The number of nitrogens with one attached hydrogen (secondary N) is 2. The molecular formula is C30H35N8O6P. The summed E-state index contributed by atoms with van der Waals surface area (Å²) in [6.07, 6.45) is 3.58. The lowest BCUT2D eigenvalue weighted by Gasteiger charge is -2.23. The third kappa shape index (κ3) is 6.43. The molecule has 6 rings (SSSR count). The van der Waals surface area contributed by atoms with Crippen molar-refractivity contribution >= 4 is 53.1 Å². The van der Waals surface area contributed by atoms with Gasteiger partial charge in [0.15, 0.2) is 17.0 Å². The summed E-state index contributed by atoms with van der Waals surface area (Å²) in [5, 5.41) is 12.9. The molecule has 1 saturated heterocycles. The number of imidazole rings is 1. The molecule has 1 saturated carbocycles. The molecule has 1 aliphatic heterocycles. The van der Waals surface area contributed by atoms with Crippen LogP contribution < -0.4 is 20.2 Å². The molecule has 2 aromatic carbocycles. The van der Waals surface area contributed by atoms with Crippen molar-refractivity contribution in [1.82, 2.24) is 24.6 Å². The van der Waals surface area contributed by atoms with Crippen molar-refractivity contribution < 1.29 is 27.9 Å². The minimum atomic E-state index is -4.26. The zero-order valence-electron chi connectivity index (χ0n) is 25.3. The highest BCUT2D eigenvalue weighted by Gasteiger charge is 2.36. The summed E-state index contributed by atoms with van der Waals surface area (Å²) < 4.78 is 38.9. The van der Waals surface area contributed by atoms with Crippen molar-refractivity contribution in [2.45, 2.75) is 64.4 Å². The zero-order valence-corrected chi connectivity index (χ0v) is 26.2. The fourth-order valence-corrected chi connectivity index (χ4v) is 6.44. The average Bonchev–Trinajstić information content (AvgIpc) is 3.67. The topological polar surface area (TPSA) is 180 Å². The molecule has 3 atom stereocenters. The van der Waals surface area contributed by atoms with Gasteiger partial charge in [-0.15, -0.1) is 0 Å². The van der Waals surface area contributed by atoms with E-state index in [9.17, 15) is 9.36 Å². The fourth-order valence-electron chi connectivity index (χ4n) is 5.03. The number of ether oxygens (including phenoxy) is 2. The average molecular weight is 635 g/mol. The molecule has 0 unspecified atom stereocenters. The van der Waals surface area contributed by atoms with Crippen molar-refractivity contribution in [3.8, 4) is 5.75 Å². The highest BCUT2D eigenvalue weighted by molar-refractivity contribution is 7.52. The van der Waals surface area contributed by atoms with Crippen LogP contribution in [0.15, 0.2) is 60.8 Å². The van der Waals surface area contributed by atoms with Crippen LogP contribution in [0.1, 0.15) is 46.3 Å². The van der Waals surface area contributed by atoms with E-state index in [-0.39, 0.29) is 29.9 Å². The largest absolute Gasteiger partial charge is 0.513 e. The predicted octanol–water partition coefficient (Wildman–Crippen LogP) is 5.07. The summed E-state index contributed by atoms with van der Waals surface area (Å²) in [7, 11) is -2.31. The molecule has 2 aromatic heterocycles. The zero-order chi connectivity index (χ0) is 31.9. The van der Waals surface area contributed by atoms with Gasteiger partial charge in [-0.05, 0) is 45.1 Å². The Morgan fingerprint density at radius 1 is 1.20 bits per heavy atom. The number of esters is 1. The lowest BCUT2D eigenvalue weighted by atomic mass is 10.1. The van der Waals surface area contributed by atoms with Crippen molar-refractivity contribution in [3.63, 3.8) is 0 Å². The van der Waals surface area contributed by atoms with Crippen molar-refractivity contribution in [1.29, 1.82) is 5.41 Å². The van der Waals surface area contributed by atoms with Crippen LogP contribution in [0.25, 0.3) is 21.9 Å². The first-order chi connectivity index (χ1) is 21.5. The summed E-state index contributed by atoms with van der Waals surface area (Å²) in [6.45, 7) is 4.94. The number of rotatable bonds is 11.